The van der Waals surface area contributed by atoms with E-state index in [1.165, 1.54) is 19.3 Å². The zero-order valence-corrected chi connectivity index (χ0v) is 6.88. The van der Waals surface area contributed by atoms with Crippen LogP contribution in [0.15, 0.2) is 0 Å². The van der Waals surface area contributed by atoms with Gasteiger partial charge in [-0.3, -0.25) is 4.79 Å². The molecule has 3 atom stereocenters. The van der Waals surface area contributed by atoms with Gasteiger partial charge >= 0.3 is 5.97 Å². The molecule has 0 aromatic heterocycles. The molecule has 1 heterocycles. The van der Waals surface area contributed by atoms with Crippen LogP contribution in [-0.4, -0.2) is 12.1 Å². The van der Waals surface area contributed by atoms with Gasteiger partial charge in [0.25, 0.3) is 0 Å². The Hall–Kier alpha value is -0.530. The average molecular weight is 154 g/mol. The molecule has 1 saturated heterocycles. The molecule has 0 aromatic rings. The molecule has 1 aliphatic carbocycles. The molecule has 2 aliphatic rings. The number of fused-ring (bicyclic) bond motifs is 1. The van der Waals surface area contributed by atoms with Crippen molar-refractivity contribution in [1.29, 1.82) is 0 Å². The first-order valence-corrected chi connectivity index (χ1v) is 4.47. The highest BCUT2D eigenvalue weighted by Gasteiger charge is 2.40. The van der Waals surface area contributed by atoms with Gasteiger partial charge in [0, 0.05) is 5.92 Å². The van der Waals surface area contributed by atoms with Gasteiger partial charge in [-0.15, -0.1) is 0 Å². The Morgan fingerprint density at radius 1 is 1.45 bits per heavy atom. The van der Waals surface area contributed by atoms with E-state index in [0.29, 0.717) is 18.3 Å². The number of carbonyl (C=O) groups is 1. The molecule has 0 unspecified atom stereocenters. The number of esters is 1. The maximum absolute atomic E-state index is 10.9. The van der Waals surface area contributed by atoms with Crippen LogP contribution in [0.2, 0.25) is 0 Å². The lowest BCUT2D eigenvalue weighted by molar-refractivity contribution is -0.143. The van der Waals surface area contributed by atoms with Crippen molar-refractivity contribution in [2.75, 3.05) is 0 Å². The summed E-state index contributed by atoms with van der Waals surface area (Å²) in [7, 11) is 0. The fourth-order valence-electron chi connectivity index (χ4n) is 2.34. The highest BCUT2D eigenvalue weighted by Crippen LogP contribution is 2.37. The summed E-state index contributed by atoms with van der Waals surface area (Å²) < 4.78 is 5.24. The fourth-order valence-corrected chi connectivity index (χ4v) is 2.34. The van der Waals surface area contributed by atoms with Gasteiger partial charge in [-0.2, -0.15) is 0 Å². The van der Waals surface area contributed by atoms with E-state index in [4.69, 9.17) is 4.74 Å². The Balaban J connectivity index is 2.09. The van der Waals surface area contributed by atoms with Crippen LogP contribution in [-0.2, 0) is 9.53 Å². The van der Waals surface area contributed by atoms with E-state index < -0.39 is 0 Å². The molecule has 2 nitrogen and oxygen atoms in total. The van der Waals surface area contributed by atoms with Crippen LogP contribution in [0.25, 0.3) is 0 Å². The maximum Gasteiger partial charge on any atom is 0.306 e. The number of rotatable bonds is 0. The van der Waals surface area contributed by atoms with Gasteiger partial charge in [0.05, 0.1) is 6.42 Å². The predicted octanol–water partition coefficient (Wildman–Crippen LogP) is 1.74. The molecule has 62 valence electrons. The molecule has 1 aliphatic heterocycles. The van der Waals surface area contributed by atoms with E-state index in [-0.39, 0.29) is 12.1 Å². The molecule has 2 fully saturated rings. The molecule has 2 rings (SSSR count). The first-order valence-electron chi connectivity index (χ1n) is 4.47. The van der Waals surface area contributed by atoms with E-state index in [0.717, 1.165) is 0 Å². The lowest BCUT2D eigenvalue weighted by Crippen LogP contribution is -2.28. The first kappa shape index (κ1) is 7.14. The quantitative estimate of drug-likeness (QED) is 0.497. The number of carbonyl (C=O) groups excluding carboxylic acids is 1. The second-order valence-electron chi connectivity index (χ2n) is 3.83. The van der Waals surface area contributed by atoms with E-state index in [2.05, 4.69) is 6.92 Å². The van der Waals surface area contributed by atoms with Crippen molar-refractivity contribution >= 4 is 5.97 Å². The van der Waals surface area contributed by atoms with E-state index in [9.17, 15) is 4.79 Å². The lowest BCUT2D eigenvalue weighted by atomic mass is 9.80. The van der Waals surface area contributed by atoms with Crippen LogP contribution in [0.4, 0.5) is 0 Å². The van der Waals surface area contributed by atoms with Crippen molar-refractivity contribution in [2.24, 2.45) is 11.8 Å². The first-order chi connectivity index (χ1) is 5.27. The summed E-state index contributed by atoms with van der Waals surface area (Å²) in [5, 5.41) is 0. The summed E-state index contributed by atoms with van der Waals surface area (Å²) in [6.45, 7) is 2.19. The van der Waals surface area contributed by atoms with E-state index >= 15 is 0 Å². The van der Waals surface area contributed by atoms with Crippen molar-refractivity contribution in [2.45, 2.75) is 38.7 Å². The molecule has 0 radical (unpaired) electrons. The molecule has 1 saturated carbocycles. The van der Waals surface area contributed by atoms with E-state index in [1.807, 2.05) is 0 Å². The zero-order chi connectivity index (χ0) is 7.84. The van der Waals surface area contributed by atoms with Crippen molar-refractivity contribution in [3.63, 3.8) is 0 Å². The lowest BCUT2D eigenvalue weighted by Gasteiger charge is -2.28. The van der Waals surface area contributed by atoms with Crippen LogP contribution >= 0.6 is 0 Å². The molecule has 0 amide bonds. The van der Waals surface area contributed by atoms with E-state index in [1.54, 1.807) is 0 Å². The van der Waals surface area contributed by atoms with Crippen molar-refractivity contribution in [3.8, 4) is 0 Å². The minimum atomic E-state index is 0.0220. The van der Waals surface area contributed by atoms with Crippen molar-refractivity contribution in [1.82, 2.24) is 0 Å². The van der Waals surface area contributed by atoms with Gasteiger partial charge in [-0.1, -0.05) is 13.3 Å². The SMILES string of the molecule is C[C@H]1CCC[C@@H]2CC(=O)O[C@@H]21. The van der Waals surface area contributed by atoms with Crippen LogP contribution in [0.5, 0.6) is 0 Å². The van der Waals surface area contributed by atoms with Gasteiger partial charge in [0.15, 0.2) is 0 Å². The average Bonchev–Trinajstić information content (AvgIpc) is 2.31. The number of hydrogen-bond donors (Lipinski definition) is 0. The Morgan fingerprint density at radius 2 is 2.27 bits per heavy atom. The van der Waals surface area contributed by atoms with Crippen LogP contribution in [0.3, 0.4) is 0 Å². The van der Waals surface area contributed by atoms with Crippen LogP contribution < -0.4 is 0 Å². The third-order valence-electron chi connectivity index (χ3n) is 2.96. The minimum absolute atomic E-state index is 0.0220. The summed E-state index contributed by atoms with van der Waals surface area (Å²) in [6.07, 6.45) is 4.64. The van der Waals surface area contributed by atoms with Crippen LogP contribution in [0, 0.1) is 11.8 Å². The number of ether oxygens (including phenoxy) is 1. The summed E-state index contributed by atoms with van der Waals surface area (Å²) in [5.74, 6) is 1.17. The molecule has 0 aromatic carbocycles. The Labute approximate surface area is 66.9 Å². The third kappa shape index (κ3) is 1.15. The predicted molar refractivity (Wildman–Crippen MR) is 41.0 cm³/mol. The highest BCUT2D eigenvalue weighted by molar-refractivity contribution is 5.72. The molecule has 0 bridgehead atoms. The standard InChI is InChI=1S/C9H14O2/c1-6-3-2-4-7-5-8(10)11-9(6)7/h6-7,9H,2-5H2,1H3/t6-,7+,9+/m0/s1. The monoisotopic (exact) mass is 154 g/mol. The van der Waals surface area contributed by atoms with Gasteiger partial charge in [-0.25, -0.2) is 0 Å². The van der Waals surface area contributed by atoms with Crippen molar-refractivity contribution < 1.29 is 9.53 Å². The second-order valence-corrected chi connectivity index (χ2v) is 3.83. The summed E-state index contributed by atoms with van der Waals surface area (Å²) >= 11 is 0. The molecule has 0 spiro atoms. The molecular formula is C9H14O2. The third-order valence-corrected chi connectivity index (χ3v) is 2.96. The summed E-state index contributed by atoms with van der Waals surface area (Å²) in [4.78, 5) is 10.9. The van der Waals surface area contributed by atoms with Crippen LogP contribution in [0.1, 0.15) is 32.6 Å². The van der Waals surface area contributed by atoms with Gasteiger partial charge in [0.2, 0.25) is 0 Å². The molecule has 2 heteroatoms. The topological polar surface area (TPSA) is 26.3 Å². The van der Waals surface area contributed by atoms with Gasteiger partial charge in [-0.05, 0) is 18.8 Å². The molecule has 0 N–H and O–H groups in total. The Bertz CT molecular complexity index is 176. The zero-order valence-electron chi connectivity index (χ0n) is 6.88. The molecular weight excluding hydrogens is 140 g/mol. The minimum Gasteiger partial charge on any atom is -0.462 e. The highest BCUT2D eigenvalue weighted by atomic mass is 16.6. The Morgan fingerprint density at radius 3 is 3.00 bits per heavy atom. The van der Waals surface area contributed by atoms with Gasteiger partial charge in [0.1, 0.15) is 6.10 Å². The van der Waals surface area contributed by atoms with Gasteiger partial charge < -0.3 is 4.74 Å². The maximum atomic E-state index is 10.9. The fraction of sp³-hybridized carbons (Fsp3) is 0.889. The number of hydrogen-bond acceptors (Lipinski definition) is 2. The molecule has 11 heavy (non-hydrogen) atoms. The summed E-state index contributed by atoms with van der Waals surface area (Å²) in [5.41, 5.74) is 0. The second kappa shape index (κ2) is 2.50. The summed E-state index contributed by atoms with van der Waals surface area (Å²) in [6, 6.07) is 0. The Kier molecular flexibility index (Phi) is 1.63. The smallest absolute Gasteiger partial charge is 0.306 e. The van der Waals surface area contributed by atoms with Crippen molar-refractivity contribution in [3.05, 3.63) is 0 Å². The largest absolute Gasteiger partial charge is 0.462 e. The normalized spacial score (nSPS) is 43.4.